The third-order valence-corrected chi connectivity index (χ3v) is 2.08. The van der Waals surface area contributed by atoms with Crippen LogP contribution < -0.4 is 10.2 Å². The summed E-state index contributed by atoms with van der Waals surface area (Å²) in [6, 6.07) is 0. The summed E-state index contributed by atoms with van der Waals surface area (Å²) in [6.07, 6.45) is 1.83. The van der Waals surface area contributed by atoms with Crippen LogP contribution in [0.4, 0.5) is 0 Å². The molecule has 25 heavy (non-hydrogen) atoms. The molecule has 8 heteroatoms. The molecule has 0 aromatic rings. The van der Waals surface area contributed by atoms with Gasteiger partial charge >= 0.3 is 21.7 Å². The van der Waals surface area contributed by atoms with Crippen molar-refractivity contribution in [2.45, 2.75) is 92.1 Å². The first kappa shape index (κ1) is 32.2. The number of aliphatic carboxylic acids is 2. The number of ether oxygens (including phenoxy) is 2. The molecule has 1 unspecified atom stereocenters. The molecule has 0 radical (unpaired) electrons. The second kappa shape index (κ2) is 19.9. The van der Waals surface area contributed by atoms with Gasteiger partial charge in [-0.2, -0.15) is 0 Å². The SMILES string of the molecule is CC(C)OCC(C)(O)OC(C)C.CCCC(=O)[O-].CCCC(=O)[O-].[Ti+2]. The first-order valence-corrected chi connectivity index (χ1v) is 8.29. The number of hydrogen-bond donors (Lipinski definition) is 1. The standard InChI is InChI=1S/C9H20O3.2C4H8O2.Ti/c1-7(2)11-6-9(5,10)12-8(3)4;2*1-2-3-4(5)6;/h7-8,10H,6H2,1-5H3;2*2-3H2,1H3,(H,5,6);/q;;;+2/p-2. The zero-order valence-electron chi connectivity index (χ0n) is 16.6. The monoisotopic (exact) mass is 398 g/mol. The zero-order chi connectivity index (χ0) is 19.8. The molecule has 0 amide bonds. The van der Waals surface area contributed by atoms with Crippen molar-refractivity contribution >= 4 is 11.9 Å². The third-order valence-electron chi connectivity index (χ3n) is 2.08. The molecule has 7 nitrogen and oxygen atoms in total. The minimum atomic E-state index is -1.17. The molecule has 1 atom stereocenters. The quantitative estimate of drug-likeness (QED) is 0.447. The molecule has 0 aromatic carbocycles. The first-order valence-electron chi connectivity index (χ1n) is 8.29. The minimum Gasteiger partial charge on any atom is -0.550 e. The van der Waals surface area contributed by atoms with Crippen molar-refractivity contribution in [1.82, 2.24) is 0 Å². The van der Waals surface area contributed by atoms with Crippen LogP contribution in [-0.4, -0.2) is 41.6 Å². The summed E-state index contributed by atoms with van der Waals surface area (Å²) in [5.74, 6) is -3.09. The average Bonchev–Trinajstić information content (AvgIpc) is 2.36. The Morgan fingerprint density at radius 2 is 1.32 bits per heavy atom. The molecule has 0 rings (SSSR count). The Balaban J connectivity index is -0.000000144. The Hall–Kier alpha value is -0.466. The normalized spacial score (nSPS) is 12.1. The number of rotatable bonds is 9. The Bertz CT molecular complexity index is 302. The minimum absolute atomic E-state index is 0. The Morgan fingerprint density at radius 3 is 1.48 bits per heavy atom. The number of carboxylic acids is 2. The van der Waals surface area contributed by atoms with E-state index in [9.17, 15) is 24.9 Å². The fraction of sp³-hybridized carbons (Fsp3) is 0.882. The maximum Gasteiger partial charge on any atom is 2.00 e. The van der Waals surface area contributed by atoms with Crippen LogP contribution in [0, 0.1) is 0 Å². The van der Waals surface area contributed by atoms with Gasteiger partial charge in [0.1, 0.15) is 6.61 Å². The number of carbonyl (C=O) groups is 2. The van der Waals surface area contributed by atoms with E-state index in [4.69, 9.17) is 9.47 Å². The van der Waals surface area contributed by atoms with Crippen molar-refractivity contribution in [3.05, 3.63) is 0 Å². The van der Waals surface area contributed by atoms with E-state index < -0.39 is 17.7 Å². The van der Waals surface area contributed by atoms with E-state index in [1.54, 1.807) is 20.8 Å². The van der Waals surface area contributed by atoms with Crippen LogP contribution in [0.3, 0.4) is 0 Å². The van der Waals surface area contributed by atoms with E-state index in [-0.39, 0.29) is 53.4 Å². The molecule has 0 spiro atoms. The molecule has 148 valence electrons. The van der Waals surface area contributed by atoms with Crippen LogP contribution in [0.15, 0.2) is 0 Å². The molecule has 1 N–H and O–H groups in total. The second-order valence-corrected chi connectivity index (χ2v) is 5.95. The Kier molecular flexibility index (Phi) is 25.6. The van der Waals surface area contributed by atoms with Crippen LogP contribution in [0.2, 0.25) is 0 Å². The van der Waals surface area contributed by atoms with E-state index in [2.05, 4.69) is 0 Å². The van der Waals surface area contributed by atoms with E-state index in [1.165, 1.54) is 0 Å². The molecule has 0 saturated heterocycles. The van der Waals surface area contributed by atoms with E-state index in [1.807, 2.05) is 27.7 Å². The van der Waals surface area contributed by atoms with Gasteiger partial charge in [0.05, 0.1) is 12.2 Å². The molecule has 0 aromatic heterocycles. The van der Waals surface area contributed by atoms with Crippen molar-refractivity contribution < 1.29 is 56.1 Å². The molecule has 0 aliphatic carbocycles. The second-order valence-electron chi connectivity index (χ2n) is 5.95. The summed E-state index contributed by atoms with van der Waals surface area (Å²) in [7, 11) is 0. The maximum absolute atomic E-state index is 9.59. The van der Waals surface area contributed by atoms with Crippen LogP contribution in [0.5, 0.6) is 0 Å². The largest absolute Gasteiger partial charge is 2.00 e. The topological polar surface area (TPSA) is 119 Å². The zero-order valence-corrected chi connectivity index (χ0v) is 18.1. The first-order chi connectivity index (χ1) is 10.9. The van der Waals surface area contributed by atoms with Gasteiger partial charge in [-0.05, 0) is 47.5 Å². The average molecular weight is 398 g/mol. The number of carbonyl (C=O) groups excluding carboxylic acids is 2. The Labute approximate surface area is 167 Å². The summed E-state index contributed by atoms with van der Waals surface area (Å²) < 4.78 is 10.5. The van der Waals surface area contributed by atoms with Gasteiger partial charge in [-0.15, -0.1) is 0 Å². The van der Waals surface area contributed by atoms with Crippen LogP contribution in [-0.2, 0) is 40.8 Å². The number of hydrogen-bond acceptors (Lipinski definition) is 7. The van der Waals surface area contributed by atoms with Crippen molar-refractivity contribution in [1.29, 1.82) is 0 Å². The number of carboxylic acid groups (broad SMARTS) is 2. The fourth-order valence-corrected chi connectivity index (χ4v) is 1.27. The molecule has 0 aliphatic rings. The van der Waals surface area contributed by atoms with Crippen LogP contribution >= 0.6 is 0 Å². The molecule has 0 heterocycles. The van der Waals surface area contributed by atoms with Gasteiger partial charge in [0.2, 0.25) is 0 Å². The summed E-state index contributed by atoms with van der Waals surface area (Å²) >= 11 is 0. The Morgan fingerprint density at radius 1 is 0.960 bits per heavy atom. The van der Waals surface area contributed by atoms with Crippen LogP contribution in [0.25, 0.3) is 0 Å². The third kappa shape index (κ3) is 39.9. The predicted molar refractivity (Wildman–Crippen MR) is 87.8 cm³/mol. The summed E-state index contributed by atoms with van der Waals surface area (Å²) in [5, 5.41) is 28.6. The van der Waals surface area contributed by atoms with Crippen LogP contribution in [0.1, 0.15) is 74.1 Å². The molecule has 0 saturated carbocycles. The van der Waals surface area contributed by atoms with Gasteiger partial charge in [0.25, 0.3) is 0 Å². The van der Waals surface area contributed by atoms with Gasteiger partial charge in [-0.1, -0.05) is 26.7 Å². The van der Waals surface area contributed by atoms with Gasteiger partial charge in [-0.3, -0.25) is 0 Å². The van der Waals surface area contributed by atoms with Crippen molar-refractivity contribution in [3.8, 4) is 0 Å². The van der Waals surface area contributed by atoms with Crippen molar-refractivity contribution in [2.24, 2.45) is 0 Å². The molecule has 0 bridgehead atoms. The van der Waals surface area contributed by atoms with E-state index in [0.29, 0.717) is 12.8 Å². The fourth-order valence-electron chi connectivity index (χ4n) is 1.27. The van der Waals surface area contributed by atoms with Gasteiger partial charge in [-0.25, -0.2) is 0 Å². The van der Waals surface area contributed by atoms with Gasteiger partial charge in [0, 0.05) is 11.9 Å². The number of aliphatic hydroxyl groups is 1. The maximum atomic E-state index is 9.59. The molecule has 0 aliphatic heterocycles. The van der Waals surface area contributed by atoms with Gasteiger partial charge < -0.3 is 34.4 Å². The van der Waals surface area contributed by atoms with E-state index in [0.717, 1.165) is 0 Å². The smallest absolute Gasteiger partial charge is 0.550 e. The van der Waals surface area contributed by atoms with Gasteiger partial charge in [0.15, 0.2) is 5.79 Å². The van der Waals surface area contributed by atoms with E-state index >= 15 is 0 Å². The van der Waals surface area contributed by atoms with Crippen molar-refractivity contribution in [3.63, 3.8) is 0 Å². The predicted octanol–water partition coefficient (Wildman–Crippen LogP) is 0.615. The van der Waals surface area contributed by atoms with Crippen molar-refractivity contribution in [2.75, 3.05) is 6.61 Å². The summed E-state index contributed by atoms with van der Waals surface area (Å²) in [4.78, 5) is 19.0. The molecular formula is C17H34O7Ti. The molecular weight excluding hydrogens is 364 g/mol. The summed E-state index contributed by atoms with van der Waals surface area (Å²) in [5.41, 5.74) is 0. The molecule has 0 fully saturated rings. The summed E-state index contributed by atoms with van der Waals surface area (Å²) in [6.45, 7) is 13.0.